The van der Waals surface area contributed by atoms with Crippen LogP contribution in [0.1, 0.15) is 29.4 Å². The van der Waals surface area contributed by atoms with Gasteiger partial charge in [-0.1, -0.05) is 72.8 Å². The normalized spacial score (nSPS) is 17.0. The number of aromatic nitrogens is 2. The van der Waals surface area contributed by atoms with Crippen LogP contribution in [-0.2, 0) is 17.8 Å². The Bertz CT molecular complexity index is 1140. The molecule has 3 aromatic carbocycles. The molecule has 1 amide bonds. The highest BCUT2D eigenvalue weighted by Gasteiger charge is 2.33. The number of H-pyrrole nitrogens is 1. The van der Waals surface area contributed by atoms with Gasteiger partial charge in [0.05, 0.1) is 11.0 Å². The maximum Gasteiger partial charge on any atom is 0.223 e. The summed E-state index contributed by atoms with van der Waals surface area (Å²) in [5.74, 6) is 1.07. The lowest BCUT2D eigenvalue weighted by Gasteiger charge is -2.40. The van der Waals surface area contributed by atoms with Crippen LogP contribution in [0.2, 0.25) is 0 Å². The second kappa shape index (κ2) is 9.37. The Hall–Kier alpha value is -3.44. The number of carbonyl (C=O) groups is 1. The molecule has 1 aromatic heterocycles. The number of nitrogens with one attached hydrogen (secondary N) is 1. The van der Waals surface area contributed by atoms with Gasteiger partial charge in [-0.05, 0) is 29.7 Å². The van der Waals surface area contributed by atoms with Gasteiger partial charge in [0.2, 0.25) is 5.91 Å². The van der Waals surface area contributed by atoms with Gasteiger partial charge in [-0.2, -0.15) is 0 Å². The summed E-state index contributed by atoms with van der Waals surface area (Å²) in [6.07, 6.45) is 1.27. The Labute approximate surface area is 188 Å². The Morgan fingerprint density at radius 1 is 0.875 bits per heavy atom. The van der Waals surface area contributed by atoms with Crippen LogP contribution in [0.15, 0.2) is 84.9 Å². The monoisotopic (exact) mass is 424 g/mol. The number of rotatable bonds is 6. The molecule has 0 saturated carbocycles. The van der Waals surface area contributed by atoms with Crippen molar-refractivity contribution in [3.63, 3.8) is 0 Å². The fourth-order valence-corrected chi connectivity index (χ4v) is 4.53. The van der Waals surface area contributed by atoms with E-state index in [2.05, 4.69) is 46.3 Å². The molecule has 1 unspecified atom stereocenters. The number of benzene rings is 3. The lowest BCUT2D eigenvalue weighted by Crippen LogP contribution is -2.50. The third kappa shape index (κ3) is 4.58. The molecule has 0 bridgehead atoms. The number of carbonyl (C=O) groups excluding carboxylic acids is 1. The maximum absolute atomic E-state index is 13.3. The molecule has 32 heavy (non-hydrogen) atoms. The molecule has 0 aliphatic carbocycles. The van der Waals surface area contributed by atoms with Gasteiger partial charge in [0.25, 0.3) is 0 Å². The number of aromatic amines is 1. The van der Waals surface area contributed by atoms with E-state index < -0.39 is 0 Å². The highest BCUT2D eigenvalue weighted by molar-refractivity contribution is 5.78. The second-order valence-corrected chi connectivity index (χ2v) is 8.45. The van der Waals surface area contributed by atoms with Crippen LogP contribution in [0.5, 0.6) is 0 Å². The summed E-state index contributed by atoms with van der Waals surface area (Å²) >= 11 is 0. The van der Waals surface area contributed by atoms with Crippen LogP contribution in [0, 0.1) is 0 Å². The third-order valence-corrected chi connectivity index (χ3v) is 6.23. The molecule has 5 rings (SSSR count). The molecule has 0 radical (unpaired) electrons. The molecule has 1 aliphatic heterocycles. The van der Waals surface area contributed by atoms with E-state index in [1.165, 1.54) is 11.1 Å². The van der Waals surface area contributed by atoms with E-state index >= 15 is 0 Å². The highest BCUT2D eigenvalue weighted by atomic mass is 16.2. The number of para-hydroxylation sites is 2. The van der Waals surface area contributed by atoms with Crippen LogP contribution in [0.3, 0.4) is 0 Å². The fourth-order valence-electron chi connectivity index (χ4n) is 4.53. The molecule has 2 heterocycles. The number of imidazole rings is 1. The van der Waals surface area contributed by atoms with E-state index in [0.29, 0.717) is 13.0 Å². The fraction of sp³-hybridized carbons (Fsp3) is 0.259. The summed E-state index contributed by atoms with van der Waals surface area (Å²) in [5.41, 5.74) is 4.45. The van der Waals surface area contributed by atoms with Gasteiger partial charge < -0.3 is 9.88 Å². The van der Waals surface area contributed by atoms with Crippen LogP contribution < -0.4 is 0 Å². The summed E-state index contributed by atoms with van der Waals surface area (Å²) in [5, 5.41) is 0. The van der Waals surface area contributed by atoms with Crippen molar-refractivity contribution < 1.29 is 4.79 Å². The lowest BCUT2D eigenvalue weighted by atomic mass is 10.1. The predicted molar refractivity (Wildman–Crippen MR) is 127 cm³/mol. The first kappa shape index (κ1) is 20.5. The van der Waals surface area contributed by atoms with Crippen LogP contribution in [0.4, 0.5) is 0 Å². The van der Waals surface area contributed by atoms with E-state index in [1.54, 1.807) is 0 Å². The van der Waals surface area contributed by atoms with Crippen molar-refractivity contribution in [2.75, 3.05) is 19.6 Å². The van der Waals surface area contributed by atoms with Crippen molar-refractivity contribution in [2.45, 2.75) is 25.4 Å². The van der Waals surface area contributed by atoms with Gasteiger partial charge in [0, 0.05) is 32.6 Å². The standard InChI is InChI=1S/C27H28N4O/c32-26(16-15-21-9-3-1-4-10-21)31-18-17-30(19-22-11-5-2-6-12-22)20-25(31)27-28-23-13-7-8-14-24(23)29-27/h1-14,25H,15-20H2,(H,28,29). The summed E-state index contributed by atoms with van der Waals surface area (Å²) < 4.78 is 0. The van der Waals surface area contributed by atoms with Crippen molar-refractivity contribution in [3.05, 3.63) is 102 Å². The topological polar surface area (TPSA) is 52.2 Å². The molecule has 1 atom stereocenters. The van der Waals surface area contributed by atoms with Gasteiger partial charge in [0.1, 0.15) is 11.9 Å². The minimum Gasteiger partial charge on any atom is -0.340 e. The first-order valence-corrected chi connectivity index (χ1v) is 11.3. The van der Waals surface area contributed by atoms with Gasteiger partial charge in [0.15, 0.2) is 0 Å². The molecule has 1 fully saturated rings. The number of piperazine rings is 1. The number of amides is 1. The van der Waals surface area contributed by atoms with E-state index in [9.17, 15) is 4.79 Å². The minimum atomic E-state index is -0.0804. The van der Waals surface area contributed by atoms with Crippen molar-refractivity contribution in [2.24, 2.45) is 0 Å². The zero-order chi connectivity index (χ0) is 21.8. The lowest BCUT2D eigenvalue weighted by molar-refractivity contribution is -0.136. The summed E-state index contributed by atoms with van der Waals surface area (Å²) in [6.45, 7) is 3.22. The number of hydrogen-bond donors (Lipinski definition) is 1. The number of nitrogens with zero attached hydrogens (tertiary/aromatic N) is 3. The molecule has 5 nitrogen and oxygen atoms in total. The summed E-state index contributed by atoms with van der Waals surface area (Å²) in [7, 11) is 0. The molecule has 162 valence electrons. The van der Waals surface area contributed by atoms with Crippen molar-refractivity contribution in [1.29, 1.82) is 0 Å². The molecule has 4 aromatic rings. The zero-order valence-electron chi connectivity index (χ0n) is 18.2. The maximum atomic E-state index is 13.3. The molecule has 1 aliphatic rings. The Morgan fingerprint density at radius 3 is 2.31 bits per heavy atom. The molecular formula is C27H28N4O. The Kier molecular flexibility index (Phi) is 5.99. The Morgan fingerprint density at radius 2 is 1.56 bits per heavy atom. The van der Waals surface area contributed by atoms with E-state index in [-0.39, 0.29) is 11.9 Å². The minimum absolute atomic E-state index is 0.0804. The van der Waals surface area contributed by atoms with E-state index in [1.807, 2.05) is 53.4 Å². The molecule has 1 saturated heterocycles. The van der Waals surface area contributed by atoms with Gasteiger partial charge in [-0.25, -0.2) is 4.98 Å². The van der Waals surface area contributed by atoms with Crippen LogP contribution in [0.25, 0.3) is 11.0 Å². The third-order valence-electron chi connectivity index (χ3n) is 6.23. The summed E-state index contributed by atoms with van der Waals surface area (Å²) in [4.78, 5) is 26.1. The molecule has 0 spiro atoms. The average Bonchev–Trinajstić information content (AvgIpc) is 3.28. The first-order chi connectivity index (χ1) is 15.8. The Balaban J connectivity index is 1.36. The number of hydrogen-bond acceptors (Lipinski definition) is 3. The van der Waals surface area contributed by atoms with Gasteiger partial charge in [-0.15, -0.1) is 0 Å². The van der Waals surface area contributed by atoms with E-state index in [0.717, 1.165) is 42.9 Å². The average molecular weight is 425 g/mol. The second-order valence-electron chi connectivity index (χ2n) is 8.45. The van der Waals surface area contributed by atoms with Crippen molar-refractivity contribution in [3.8, 4) is 0 Å². The van der Waals surface area contributed by atoms with Crippen LogP contribution in [-0.4, -0.2) is 45.3 Å². The zero-order valence-corrected chi connectivity index (χ0v) is 18.2. The highest BCUT2D eigenvalue weighted by Crippen LogP contribution is 2.27. The van der Waals surface area contributed by atoms with Gasteiger partial charge in [-0.3, -0.25) is 9.69 Å². The summed E-state index contributed by atoms with van der Waals surface area (Å²) in [6, 6.07) is 28.7. The first-order valence-electron chi connectivity index (χ1n) is 11.3. The SMILES string of the molecule is O=C(CCc1ccccc1)N1CCN(Cc2ccccc2)CC1c1nc2ccccc2[nH]1. The van der Waals surface area contributed by atoms with E-state index in [4.69, 9.17) is 4.98 Å². The smallest absolute Gasteiger partial charge is 0.223 e. The largest absolute Gasteiger partial charge is 0.340 e. The van der Waals surface area contributed by atoms with Gasteiger partial charge >= 0.3 is 0 Å². The quantitative estimate of drug-likeness (QED) is 0.493. The number of aryl methyl sites for hydroxylation is 1. The molecule has 5 heteroatoms. The number of fused-ring (bicyclic) bond motifs is 1. The molecule has 1 N–H and O–H groups in total. The van der Waals surface area contributed by atoms with Crippen LogP contribution >= 0.6 is 0 Å². The van der Waals surface area contributed by atoms with Crippen molar-refractivity contribution >= 4 is 16.9 Å². The predicted octanol–water partition coefficient (Wildman–Crippen LogP) is 4.58. The molecular weight excluding hydrogens is 396 g/mol. The van der Waals surface area contributed by atoms with Crippen molar-refractivity contribution in [1.82, 2.24) is 19.8 Å².